The lowest BCUT2D eigenvalue weighted by atomic mass is 10.1. The Balaban J connectivity index is 1.42. The molecule has 0 N–H and O–H groups in total. The topological polar surface area (TPSA) is 39.4 Å². The minimum atomic E-state index is 0.777. The molecule has 7 rings (SSSR count). The first-order chi connectivity index (χ1) is 17.2. The predicted molar refractivity (Wildman–Crippen MR) is 142 cm³/mol. The molecule has 4 heteroatoms. The van der Waals surface area contributed by atoms with Crippen LogP contribution >= 0.6 is 0 Å². The van der Waals surface area contributed by atoms with Gasteiger partial charge in [0.05, 0.1) is 22.2 Å². The van der Waals surface area contributed by atoms with Crippen molar-refractivity contribution in [1.29, 1.82) is 0 Å². The molecule has 0 amide bonds. The van der Waals surface area contributed by atoms with E-state index in [4.69, 9.17) is 9.72 Å². The van der Waals surface area contributed by atoms with E-state index in [0.717, 1.165) is 61.3 Å². The summed E-state index contributed by atoms with van der Waals surface area (Å²) in [5, 5.41) is 3.42. The fraction of sp³-hybridized carbons (Fsp3) is 0.0323. The van der Waals surface area contributed by atoms with E-state index < -0.39 is 0 Å². The minimum Gasteiger partial charge on any atom is -0.457 e. The Kier molecular flexibility index (Phi) is 4.33. The first-order valence-corrected chi connectivity index (χ1v) is 11.7. The van der Waals surface area contributed by atoms with Gasteiger partial charge in [-0.1, -0.05) is 36.4 Å². The van der Waals surface area contributed by atoms with E-state index in [1.807, 2.05) is 42.6 Å². The Hall–Kier alpha value is -4.70. The van der Waals surface area contributed by atoms with Crippen LogP contribution in [0.1, 0.15) is 5.56 Å². The standard InChI is InChI=1S/C31H21N3O/c1-20-16-21(27-9-6-7-15-32-27)18-23(17-20)35-22-13-14-24-25-8-2-4-11-29(25)34-30-12-5-3-10-28(30)33-31(34)26(24)19-22/h2-19H,1H3. The summed E-state index contributed by atoms with van der Waals surface area (Å²) in [6, 6.07) is 35.2. The predicted octanol–water partition coefficient (Wildman–Crippen LogP) is 7.96. The van der Waals surface area contributed by atoms with Crippen molar-refractivity contribution in [3.8, 4) is 22.8 Å². The summed E-state index contributed by atoms with van der Waals surface area (Å²) in [6.07, 6.45) is 1.81. The van der Waals surface area contributed by atoms with E-state index in [1.165, 1.54) is 5.39 Å². The van der Waals surface area contributed by atoms with Gasteiger partial charge < -0.3 is 4.74 Å². The number of hydrogen-bond donors (Lipinski definition) is 0. The Morgan fingerprint density at radius 3 is 2.37 bits per heavy atom. The van der Waals surface area contributed by atoms with Gasteiger partial charge in [0.1, 0.15) is 17.1 Å². The molecule has 4 aromatic carbocycles. The summed E-state index contributed by atoms with van der Waals surface area (Å²) in [6.45, 7) is 2.07. The van der Waals surface area contributed by atoms with Crippen LogP contribution < -0.4 is 4.74 Å². The van der Waals surface area contributed by atoms with E-state index >= 15 is 0 Å². The van der Waals surface area contributed by atoms with Gasteiger partial charge >= 0.3 is 0 Å². The number of imidazole rings is 1. The van der Waals surface area contributed by atoms with Gasteiger partial charge in [-0.15, -0.1) is 0 Å². The first-order valence-electron chi connectivity index (χ1n) is 11.7. The van der Waals surface area contributed by atoms with Crippen molar-refractivity contribution >= 4 is 38.4 Å². The molecule has 0 aliphatic heterocycles. The largest absolute Gasteiger partial charge is 0.457 e. The van der Waals surface area contributed by atoms with Crippen LogP contribution in [0.5, 0.6) is 11.5 Å². The molecule has 0 fully saturated rings. The average molecular weight is 452 g/mol. The molecule has 0 aliphatic rings. The van der Waals surface area contributed by atoms with Crippen molar-refractivity contribution in [2.45, 2.75) is 6.92 Å². The molecule has 0 saturated carbocycles. The zero-order valence-electron chi connectivity index (χ0n) is 19.1. The number of para-hydroxylation sites is 3. The molecule has 3 heterocycles. The monoisotopic (exact) mass is 451 g/mol. The molecular weight excluding hydrogens is 430 g/mol. The van der Waals surface area contributed by atoms with Gasteiger partial charge in [-0.05, 0) is 84.6 Å². The fourth-order valence-electron chi connectivity index (χ4n) is 4.98. The molecule has 0 aliphatic carbocycles. The number of hydrogen-bond acceptors (Lipinski definition) is 3. The molecule has 0 radical (unpaired) electrons. The molecule has 166 valence electrons. The summed E-state index contributed by atoms with van der Waals surface area (Å²) < 4.78 is 8.65. The van der Waals surface area contributed by atoms with Gasteiger partial charge in [0, 0.05) is 22.5 Å². The Bertz CT molecular complexity index is 1890. The maximum absolute atomic E-state index is 6.40. The van der Waals surface area contributed by atoms with Crippen LogP contribution in [-0.4, -0.2) is 14.4 Å². The first kappa shape index (κ1) is 19.7. The van der Waals surface area contributed by atoms with Crippen LogP contribution in [0.2, 0.25) is 0 Å². The van der Waals surface area contributed by atoms with Crippen molar-refractivity contribution in [2.75, 3.05) is 0 Å². The minimum absolute atomic E-state index is 0.777. The Labute approximate surface area is 202 Å². The van der Waals surface area contributed by atoms with E-state index in [9.17, 15) is 0 Å². The van der Waals surface area contributed by atoms with Gasteiger partial charge in [0.2, 0.25) is 0 Å². The molecule has 4 nitrogen and oxygen atoms in total. The molecule has 0 bridgehead atoms. The zero-order valence-corrected chi connectivity index (χ0v) is 19.1. The lowest BCUT2D eigenvalue weighted by molar-refractivity contribution is 0.483. The van der Waals surface area contributed by atoms with Crippen molar-refractivity contribution < 1.29 is 4.74 Å². The third kappa shape index (κ3) is 3.22. The number of fused-ring (bicyclic) bond motifs is 8. The van der Waals surface area contributed by atoms with Crippen LogP contribution in [0.25, 0.3) is 49.6 Å². The second kappa shape index (κ2) is 7.67. The van der Waals surface area contributed by atoms with Crippen molar-refractivity contribution in [1.82, 2.24) is 14.4 Å². The van der Waals surface area contributed by atoms with Gasteiger partial charge in [-0.2, -0.15) is 0 Å². The quantitative estimate of drug-likeness (QED) is 0.256. The summed E-state index contributed by atoms with van der Waals surface area (Å²) in [5.41, 5.74) is 7.25. The van der Waals surface area contributed by atoms with E-state index in [0.29, 0.717) is 0 Å². The molecule has 0 saturated heterocycles. The number of benzene rings is 4. The molecule has 0 unspecified atom stereocenters. The third-order valence-corrected chi connectivity index (χ3v) is 6.48. The van der Waals surface area contributed by atoms with E-state index in [1.54, 1.807) is 0 Å². The maximum atomic E-state index is 6.40. The zero-order chi connectivity index (χ0) is 23.4. The van der Waals surface area contributed by atoms with Crippen LogP contribution in [0.15, 0.2) is 109 Å². The third-order valence-electron chi connectivity index (χ3n) is 6.48. The number of nitrogens with zero attached hydrogens (tertiary/aromatic N) is 3. The Morgan fingerprint density at radius 1 is 0.657 bits per heavy atom. The van der Waals surface area contributed by atoms with Gasteiger partial charge in [0.25, 0.3) is 0 Å². The van der Waals surface area contributed by atoms with Crippen molar-refractivity contribution in [3.05, 3.63) is 115 Å². The smallest absolute Gasteiger partial charge is 0.146 e. The van der Waals surface area contributed by atoms with E-state index in [2.05, 4.69) is 83.0 Å². The number of ether oxygens (including phenoxy) is 1. The normalized spacial score (nSPS) is 11.6. The number of aryl methyl sites for hydroxylation is 1. The molecule has 0 spiro atoms. The molecule has 35 heavy (non-hydrogen) atoms. The van der Waals surface area contributed by atoms with E-state index in [-0.39, 0.29) is 0 Å². The summed E-state index contributed by atoms with van der Waals surface area (Å²) in [5.74, 6) is 1.56. The van der Waals surface area contributed by atoms with Gasteiger partial charge in [0.15, 0.2) is 0 Å². The highest BCUT2D eigenvalue weighted by Crippen LogP contribution is 2.36. The highest BCUT2D eigenvalue weighted by Gasteiger charge is 2.14. The van der Waals surface area contributed by atoms with Crippen LogP contribution in [0, 0.1) is 6.92 Å². The highest BCUT2D eigenvalue weighted by atomic mass is 16.5. The van der Waals surface area contributed by atoms with Crippen LogP contribution in [0.4, 0.5) is 0 Å². The van der Waals surface area contributed by atoms with Gasteiger partial charge in [-0.25, -0.2) is 4.98 Å². The lowest BCUT2D eigenvalue weighted by Gasteiger charge is -2.12. The molecular formula is C31H21N3O. The van der Waals surface area contributed by atoms with Gasteiger partial charge in [-0.3, -0.25) is 9.38 Å². The summed E-state index contributed by atoms with van der Waals surface area (Å²) in [4.78, 5) is 9.51. The van der Waals surface area contributed by atoms with Crippen LogP contribution in [-0.2, 0) is 0 Å². The molecule has 7 aromatic rings. The number of pyridine rings is 2. The molecule has 0 atom stereocenters. The molecule has 3 aromatic heterocycles. The highest BCUT2D eigenvalue weighted by molar-refractivity contribution is 6.14. The van der Waals surface area contributed by atoms with Crippen molar-refractivity contribution in [2.24, 2.45) is 0 Å². The Morgan fingerprint density at radius 2 is 1.49 bits per heavy atom. The summed E-state index contributed by atoms with van der Waals surface area (Å²) in [7, 11) is 0. The number of aromatic nitrogens is 3. The SMILES string of the molecule is Cc1cc(Oc2ccc3c4ccccc4n4c5ccccc5nc4c3c2)cc(-c2ccccn2)c1. The van der Waals surface area contributed by atoms with Crippen LogP contribution in [0.3, 0.4) is 0 Å². The second-order valence-corrected chi connectivity index (χ2v) is 8.84. The summed E-state index contributed by atoms with van der Waals surface area (Å²) >= 11 is 0. The number of rotatable bonds is 3. The van der Waals surface area contributed by atoms with Crippen molar-refractivity contribution in [3.63, 3.8) is 0 Å². The second-order valence-electron chi connectivity index (χ2n) is 8.84. The average Bonchev–Trinajstić information content (AvgIpc) is 3.29. The lowest BCUT2D eigenvalue weighted by Crippen LogP contribution is -1.93. The fourth-order valence-corrected chi connectivity index (χ4v) is 4.98. The maximum Gasteiger partial charge on any atom is 0.146 e.